The summed E-state index contributed by atoms with van der Waals surface area (Å²) in [6, 6.07) is 12.9. The van der Waals surface area contributed by atoms with Gasteiger partial charge >= 0.3 is 0 Å². The van der Waals surface area contributed by atoms with Crippen LogP contribution in [0.2, 0.25) is 0 Å². The monoisotopic (exact) mass is 293 g/mol. The Morgan fingerprint density at radius 3 is 2.64 bits per heavy atom. The maximum atomic E-state index is 8.79. The first kappa shape index (κ1) is 14.5. The first-order chi connectivity index (χ1) is 10.8. The smallest absolute Gasteiger partial charge is 0.158 e. The van der Waals surface area contributed by atoms with Crippen molar-refractivity contribution in [2.45, 2.75) is 19.5 Å². The summed E-state index contributed by atoms with van der Waals surface area (Å²) in [5, 5.41) is 8.79. The Hall–Kier alpha value is -2.45. The van der Waals surface area contributed by atoms with Gasteiger partial charge in [-0.2, -0.15) is 5.26 Å². The average molecular weight is 293 g/mol. The van der Waals surface area contributed by atoms with E-state index in [1.54, 1.807) is 12.4 Å². The Labute approximate surface area is 130 Å². The highest BCUT2D eigenvalue weighted by Gasteiger charge is 2.24. The molecule has 1 saturated heterocycles. The molecule has 112 valence electrons. The van der Waals surface area contributed by atoms with E-state index in [4.69, 9.17) is 5.26 Å². The summed E-state index contributed by atoms with van der Waals surface area (Å²) in [6.45, 7) is 6.11. The van der Waals surface area contributed by atoms with Gasteiger partial charge in [0.25, 0.3) is 0 Å². The molecule has 2 heterocycles. The highest BCUT2D eigenvalue weighted by Crippen LogP contribution is 2.18. The first-order valence-electron chi connectivity index (χ1n) is 7.51. The summed E-state index contributed by atoms with van der Waals surface area (Å²) in [5.41, 5.74) is 1.71. The summed E-state index contributed by atoms with van der Waals surface area (Å²) >= 11 is 0. The van der Waals surface area contributed by atoms with Crippen LogP contribution in [0.15, 0.2) is 42.7 Å². The Morgan fingerprint density at radius 1 is 1.18 bits per heavy atom. The predicted octanol–water partition coefficient (Wildman–Crippen LogP) is 2.06. The van der Waals surface area contributed by atoms with E-state index >= 15 is 0 Å². The zero-order valence-electron chi connectivity index (χ0n) is 12.7. The molecule has 0 unspecified atom stereocenters. The van der Waals surface area contributed by atoms with Gasteiger partial charge in [0, 0.05) is 32.2 Å². The Bertz CT molecular complexity index is 647. The van der Waals surface area contributed by atoms with Gasteiger partial charge in [-0.25, -0.2) is 9.97 Å². The fraction of sp³-hybridized carbons (Fsp3) is 0.353. The third-order valence-corrected chi connectivity index (χ3v) is 4.01. The molecule has 2 aromatic rings. The lowest BCUT2D eigenvalue weighted by atomic mass is 10.1. The van der Waals surface area contributed by atoms with Crippen molar-refractivity contribution in [1.82, 2.24) is 14.9 Å². The second kappa shape index (κ2) is 6.54. The van der Waals surface area contributed by atoms with Crippen molar-refractivity contribution in [3.8, 4) is 6.07 Å². The van der Waals surface area contributed by atoms with E-state index in [-0.39, 0.29) is 0 Å². The molecule has 5 nitrogen and oxygen atoms in total. The lowest BCUT2D eigenvalue weighted by molar-refractivity contribution is 0.220. The lowest BCUT2D eigenvalue weighted by Crippen LogP contribution is -2.51. The molecule has 0 bridgehead atoms. The number of benzene rings is 1. The quantitative estimate of drug-likeness (QED) is 0.867. The second-order valence-electron chi connectivity index (χ2n) is 5.63. The molecule has 5 heteroatoms. The van der Waals surface area contributed by atoms with Gasteiger partial charge in [0.15, 0.2) is 5.69 Å². The number of nitriles is 1. The molecule has 3 rings (SSSR count). The highest BCUT2D eigenvalue weighted by molar-refractivity contribution is 5.39. The molecule has 0 N–H and O–H groups in total. The van der Waals surface area contributed by atoms with Gasteiger partial charge in [-0.3, -0.25) is 4.90 Å². The maximum Gasteiger partial charge on any atom is 0.158 e. The summed E-state index contributed by atoms with van der Waals surface area (Å²) in [5.74, 6) is 0.853. The van der Waals surface area contributed by atoms with E-state index < -0.39 is 0 Å². The molecule has 22 heavy (non-hydrogen) atoms. The molecule has 0 spiro atoms. The van der Waals surface area contributed by atoms with Crippen LogP contribution in [0.25, 0.3) is 0 Å². The van der Waals surface area contributed by atoms with Crippen LogP contribution in [-0.2, 0) is 6.54 Å². The van der Waals surface area contributed by atoms with Gasteiger partial charge in [0.05, 0.1) is 12.4 Å². The van der Waals surface area contributed by atoms with E-state index in [0.717, 1.165) is 32.0 Å². The minimum absolute atomic E-state index is 0.360. The Balaban J connectivity index is 1.63. The zero-order valence-corrected chi connectivity index (χ0v) is 12.7. The Morgan fingerprint density at radius 2 is 2.00 bits per heavy atom. The first-order valence-corrected chi connectivity index (χ1v) is 7.51. The molecule has 0 aliphatic carbocycles. The zero-order chi connectivity index (χ0) is 15.4. The van der Waals surface area contributed by atoms with Crippen LogP contribution in [0, 0.1) is 11.3 Å². The van der Waals surface area contributed by atoms with E-state index in [1.165, 1.54) is 5.56 Å². The fourth-order valence-electron chi connectivity index (χ4n) is 2.89. The summed E-state index contributed by atoms with van der Waals surface area (Å²) in [6.07, 6.45) is 3.24. The van der Waals surface area contributed by atoms with Crippen molar-refractivity contribution in [2.24, 2.45) is 0 Å². The number of piperazine rings is 1. The van der Waals surface area contributed by atoms with Gasteiger partial charge in [-0.15, -0.1) is 0 Å². The molecule has 1 aliphatic heterocycles. The minimum atomic E-state index is 0.360. The SMILES string of the molecule is C[C@@H]1CN(Cc2ccccc2)CCN1c1cnc(C#N)cn1. The molecular formula is C17H19N5. The van der Waals surface area contributed by atoms with Gasteiger partial charge in [0.2, 0.25) is 0 Å². The highest BCUT2D eigenvalue weighted by atomic mass is 15.3. The molecule has 1 atom stereocenters. The summed E-state index contributed by atoms with van der Waals surface area (Å²) in [7, 11) is 0. The van der Waals surface area contributed by atoms with Crippen LogP contribution in [0.4, 0.5) is 5.82 Å². The summed E-state index contributed by atoms with van der Waals surface area (Å²) in [4.78, 5) is 13.2. The predicted molar refractivity (Wildman–Crippen MR) is 85.3 cm³/mol. The van der Waals surface area contributed by atoms with E-state index in [0.29, 0.717) is 11.7 Å². The van der Waals surface area contributed by atoms with E-state index in [9.17, 15) is 0 Å². The van der Waals surface area contributed by atoms with E-state index in [2.05, 4.69) is 51.0 Å². The van der Waals surface area contributed by atoms with Crippen molar-refractivity contribution in [2.75, 3.05) is 24.5 Å². The Kier molecular flexibility index (Phi) is 4.31. The molecule has 0 radical (unpaired) electrons. The number of hydrogen-bond acceptors (Lipinski definition) is 5. The normalized spacial score (nSPS) is 18.9. The number of anilines is 1. The maximum absolute atomic E-state index is 8.79. The fourth-order valence-corrected chi connectivity index (χ4v) is 2.89. The third-order valence-electron chi connectivity index (χ3n) is 4.01. The van der Waals surface area contributed by atoms with Crippen molar-refractivity contribution in [3.63, 3.8) is 0 Å². The van der Waals surface area contributed by atoms with Crippen LogP contribution in [0.5, 0.6) is 0 Å². The average Bonchev–Trinajstić information content (AvgIpc) is 2.56. The molecule has 0 amide bonds. The van der Waals surface area contributed by atoms with Crippen LogP contribution in [0.3, 0.4) is 0 Å². The number of aromatic nitrogens is 2. The van der Waals surface area contributed by atoms with Crippen LogP contribution < -0.4 is 4.90 Å². The molecule has 1 fully saturated rings. The van der Waals surface area contributed by atoms with E-state index in [1.807, 2.05) is 12.1 Å². The largest absolute Gasteiger partial charge is 0.350 e. The lowest BCUT2D eigenvalue weighted by Gasteiger charge is -2.40. The number of nitrogens with zero attached hydrogens (tertiary/aromatic N) is 5. The standard InChI is InChI=1S/C17H19N5/c1-14-12-21(13-15-5-3-2-4-6-15)7-8-22(14)17-11-19-16(9-18)10-20-17/h2-6,10-11,14H,7-8,12-13H2,1H3/t14-/m1/s1. The molecule has 1 aliphatic rings. The van der Waals surface area contributed by atoms with Crippen molar-refractivity contribution in [3.05, 3.63) is 54.0 Å². The van der Waals surface area contributed by atoms with Gasteiger partial charge < -0.3 is 4.90 Å². The third kappa shape index (κ3) is 3.23. The number of hydrogen-bond donors (Lipinski definition) is 0. The van der Waals surface area contributed by atoms with Crippen LogP contribution >= 0.6 is 0 Å². The van der Waals surface area contributed by atoms with Gasteiger partial charge in [-0.05, 0) is 12.5 Å². The summed E-state index contributed by atoms with van der Waals surface area (Å²) < 4.78 is 0. The van der Waals surface area contributed by atoms with Crippen LogP contribution in [-0.4, -0.2) is 40.5 Å². The van der Waals surface area contributed by atoms with Gasteiger partial charge in [0.1, 0.15) is 11.9 Å². The second-order valence-corrected chi connectivity index (χ2v) is 5.63. The number of rotatable bonds is 3. The van der Waals surface area contributed by atoms with Crippen LogP contribution in [0.1, 0.15) is 18.2 Å². The molecular weight excluding hydrogens is 274 g/mol. The molecule has 0 saturated carbocycles. The minimum Gasteiger partial charge on any atom is -0.350 e. The van der Waals surface area contributed by atoms with Gasteiger partial charge in [-0.1, -0.05) is 30.3 Å². The topological polar surface area (TPSA) is 56.0 Å². The molecule has 1 aromatic heterocycles. The van der Waals surface area contributed by atoms with Crippen molar-refractivity contribution in [1.29, 1.82) is 5.26 Å². The van der Waals surface area contributed by atoms with Crippen molar-refractivity contribution >= 4 is 5.82 Å². The molecule has 1 aromatic carbocycles. The van der Waals surface area contributed by atoms with Crippen molar-refractivity contribution < 1.29 is 0 Å².